The molecular weight excluding hydrogens is 512 g/mol. The number of hydrogen-bond donors (Lipinski definition) is 3. The molecule has 6 rings (SSSR count). The Morgan fingerprint density at radius 1 is 1.08 bits per heavy atom. The Kier molecular flexibility index (Phi) is 5.65. The highest BCUT2D eigenvalue weighted by Crippen LogP contribution is 2.72. The van der Waals surface area contributed by atoms with Gasteiger partial charge < -0.3 is 34.3 Å². The number of rotatable bonds is 3. The summed E-state index contributed by atoms with van der Waals surface area (Å²) in [5, 5.41) is 34.6. The number of methoxy groups -OCH3 is 1. The zero-order chi connectivity index (χ0) is 28.1. The van der Waals surface area contributed by atoms with E-state index >= 15 is 0 Å². The standard InChI is InChI=1S/C28H30O11/c1-12-9-15(29)21(31)26(2)14(12)10-16-27-11-37-28(25(35)36-3,22(32)17(30)19(26)27)20(27)18(24(34)38-16)39-23(33)13-7-5-4-6-8-13/h4-9,14,16-22,30-32H,10-11H2,1-3H3/t14-,16+,17+,18+,19+,20+,21+,22-,26-,27+,28-/m0/s1. The first-order chi connectivity index (χ1) is 18.5. The third-order valence-electron chi connectivity index (χ3n) is 10.1. The normalized spacial score (nSPS) is 45.8. The van der Waals surface area contributed by atoms with E-state index in [0.717, 1.165) is 7.11 Å². The molecule has 39 heavy (non-hydrogen) atoms. The molecule has 2 saturated heterocycles. The van der Waals surface area contributed by atoms with Crippen LogP contribution in [-0.2, 0) is 33.3 Å². The molecule has 1 spiro atoms. The van der Waals surface area contributed by atoms with Crippen molar-refractivity contribution in [2.45, 2.75) is 56.4 Å². The van der Waals surface area contributed by atoms with Crippen LogP contribution in [0.2, 0.25) is 0 Å². The van der Waals surface area contributed by atoms with Crippen molar-refractivity contribution in [3.05, 3.63) is 47.5 Å². The van der Waals surface area contributed by atoms with Gasteiger partial charge in [0.25, 0.3) is 0 Å². The van der Waals surface area contributed by atoms with Gasteiger partial charge in [0.1, 0.15) is 18.3 Å². The van der Waals surface area contributed by atoms with Crippen LogP contribution in [-0.4, -0.2) is 88.8 Å². The molecule has 208 valence electrons. The monoisotopic (exact) mass is 542 g/mol. The molecule has 3 N–H and O–H groups in total. The van der Waals surface area contributed by atoms with Crippen molar-refractivity contribution in [1.82, 2.24) is 0 Å². The van der Waals surface area contributed by atoms with Gasteiger partial charge in [-0.05, 0) is 37.5 Å². The molecule has 5 aliphatic rings. The van der Waals surface area contributed by atoms with Crippen LogP contribution in [0.3, 0.4) is 0 Å². The number of aliphatic hydroxyl groups excluding tert-OH is 3. The van der Waals surface area contributed by atoms with E-state index in [9.17, 15) is 34.5 Å². The van der Waals surface area contributed by atoms with Gasteiger partial charge in [-0.3, -0.25) is 4.79 Å². The van der Waals surface area contributed by atoms with Crippen LogP contribution in [0, 0.1) is 28.6 Å². The summed E-state index contributed by atoms with van der Waals surface area (Å²) in [6.07, 6.45) is -6.33. The number of allylic oxidation sites excluding steroid dienone is 1. The SMILES string of the molecule is COC(=O)[C@@]12OC[C@]34[C@H]([C@@H](O)[C@@H]1O)[C@@]1(C)[C@H](O)C(=O)C=C(C)[C@@H]1C[C@H]3OC(=O)[C@H](OC(=O)c1ccccc1)[C@@H]24. The average Bonchev–Trinajstić information content (AvgIpc) is 3.23. The maximum Gasteiger partial charge on any atom is 0.348 e. The molecule has 0 radical (unpaired) electrons. The number of esters is 3. The molecule has 11 atom stereocenters. The third-order valence-corrected chi connectivity index (χ3v) is 10.1. The summed E-state index contributed by atoms with van der Waals surface area (Å²) < 4.78 is 22.7. The molecule has 2 heterocycles. The Morgan fingerprint density at radius 3 is 2.44 bits per heavy atom. The predicted molar refractivity (Wildman–Crippen MR) is 129 cm³/mol. The quantitative estimate of drug-likeness (QED) is 0.346. The molecule has 3 aliphatic carbocycles. The highest BCUT2D eigenvalue weighted by atomic mass is 16.6. The van der Waals surface area contributed by atoms with Crippen molar-refractivity contribution in [3.8, 4) is 0 Å². The minimum atomic E-state index is -2.28. The summed E-state index contributed by atoms with van der Waals surface area (Å²) in [6, 6.07) is 7.91. The Labute approximate surface area is 223 Å². The molecule has 0 amide bonds. The van der Waals surface area contributed by atoms with E-state index in [4.69, 9.17) is 18.9 Å². The molecule has 0 aromatic heterocycles. The number of aliphatic hydroxyl groups is 3. The van der Waals surface area contributed by atoms with E-state index in [1.807, 2.05) is 0 Å². The fraction of sp³-hybridized carbons (Fsp3) is 0.571. The molecule has 1 aromatic rings. The van der Waals surface area contributed by atoms with Crippen LogP contribution in [0.15, 0.2) is 42.0 Å². The first kappa shape index (κ1) is 26.1. The average molecular weight is 543 g/mol. The lowest BCUT2D eigenvalue weighted by molar-refractivity contribution is -0.296. The zero-order valence-electron chi connectivity index (χ0n) is 21.6. The fourth-order valence-corrected chi connectivity index (χ4v) is 8.57. The van der Waals surface area contributed by atoms with E-state index in [1.165, 1.54) is 18.2 Å². The van der Waals surface area contributed by atoms with E-state index in [2.05, 4.69) is 0 Å². The largest absolute Gasteiger partial charge is 0.467 e. The van der Waals surface area contributed by atoms with Crippen molar-refractivity contribution in [1.29, 1.82) is 0 Å². The highest BCUT2D eigenvalue weighted by Gasteiger charge is 2.85. The lowest BCUT2D eigenvalue weighted by atomic mass is 9.38. The summed E-state index contributed by atoms with van der Waals surface area (Å²) >= 11 is 0. The predicted octanol–water partition coefficient (Wildman–Crippen LogP) is -0.0503. The molecule has 2 aliphatic heterocycles. The number of benzene rings is 1. The van der Waals surface area contributed by atoms with Crippen LogP contribution in [0.25, 0.3) is 0 Å². The van der Waals surface area contributed by atoms with Gasteiger partial charge in [-0.15, -0.1) is 0 Å². The number of ketones is 1. The second-order valence-electron chi connectivity index (χ2n) is 11.5. The van der Waals surface area contributed by atoms with Gasteiger partial charge in [-0.1, -0.05) is 30.7 Å². The Bertz CT molecular complexity index is 1290. The van der Waals surface area contributed by atoms with Crippen molar-refractivity contribution in [2.75, 3.05) is 13.7 Å². The second kappa shape index (κ2) is 8.44. The number of hydrogen-bond acceptors (Lipinski definition) is 11. The van der Waals surface area contributed by atoms with E-state index in [-0.39, 0.29) is 18.6 Å². The van der Waals surface area contributed by atoms with Crippen LogP contribution < -0.4 is 0 Å². The van der Waals surface area contributed by atoms with E-state index < -0.39 is 88.4 Å². The first-order valence-corrected chi connectivity index (χ1v) is 12.9. The second-order valence-corrected chi connectivity index (χ2v) is 11.5. The van der Waals surface area contributed by atoms with Gasteiger partial charge in [0.2, 0.25) is 11.7 Å². The minimum Gasteiger partial charge on any atom is -0.467 e. The fourth-order valence-electron chi connectivity index (χ4n) is 8.57. The number of carbonyl (C=O) groups is 4. The summed E-state index contributed by atoms with van der Waals surface area (Å²) in [7, 11) is 1.08. The van der Waals surface area contributed by atoms with Crippen molar-refractivity contribution < 1.29 is 53.4 Å². The van der Waals surface area contributed by atoms with Crippen LogP contribution in [0.5, 0.6) is 0 Å². The Balaban J connectivity index is 1.56. The molecular formula is C28H30O11. The van der Waals surface area contributed by atoms with Gasteiger partial charge in [-0.25, -0.2) is 14.4 Å². The smallest absolute Gasteiger partial charge is 0.348 e. The first-order valence-electron chi connectivity index (χ1n) is 12.9. The lowest BCUT2D eigenvalue weighted by Crippen LogP contribution is -2.80. The van der Waals surface area contributed by atoms with E-state index in [1.54, 1.807) is 32.0 Å². The molecule has 11 heteroatoms. The Morgan fingerprint density at radius 2 is 1.77 bits per heavy atom. The number of fused-ring (bicyclic) bond motifs is 2. The minimum absolute atomic E-state index is 0.142. The molecule has 2 saturated carbocycles. The summed E-state index contributed by atoms with van der Waals surface area (Å²) in [6.45, 7) is 3.10. The van der Waals surface area contributed by atoms with Crippen LogP contribution in [0.4, 0.5) is 0 Å². The van der Waals surface area contributed by atoms with Gasteiger partial charge in [0, 0.05) is 16.7 Å². The maximum atomic E-state index is 13.5. The van der Waals surface area contributed by atoms with Gasteiger partial charge >= 0.3 is 17.9 Å². The Hall–Kier alpha value is -3.12. The zero-order valence-corrected chi connectivity index (χ0v) is 21.6. The summed E-state index contributed by atoms with van der Waals surface area (Å²) in [4.78, 5) is 53.0. The molecule has 0 unspecified atom stereocenters. The van der Waals surface area contributed by atoms with Gasteiger partial charge in [0.15, 0.2) is 5.78 Å². The van der Waals surface area contributed by atoms with Gasteiger partial charge in [0.05, 0.1) is 31.3 Å². The maximum absolute atomic E-state index is 13.5. The summed E-state index contributed by atoms with van der Waals surface area (Å²) in [5.74, 6) is -6.33. The van der Waals surface area contributed by atoms with E-state index in [0.29, 0.717) is 5.57 Å². The van der Waals surface area contributed by atoms with Crippen molar-refractivity contribution in [3.63, 3.8) is 0 Å². The van der Waals surface area contributed by atoms with Gasteiger partial charge in [-0.2, -0.15) is 0 Å². The third kappa shape index (κ3) is 3.01. The molecule has 1 aromatic carbocycles. The topological polar surface area (TPSA) is 166 Å². The van der Waals surface area contributed by atoms with Crippen LogP contribution >= 0.6 is 0 Å². The molecule has 2 bridgehead atoms. The lowest BCUT2D eigenvalue weighted by Gasteiger charge is -2.67. The van der Waals surface area contributed by atoms with Crippen molar-refractivity contribution >= 4 is 23.7 Å². The van der Waals surface area contributed by atoms with Crippen molar-refractivity contribution in [2.24, 2.45) is 28.6 Å². The highest BCUT2D eigenvalue weighted by molar-refractivity contribution is 5.96. The molecule has 11 nitrogen and oxygen atoms in total. The number of ether oxygens (including phenoxy) is 4. The summed E-state index contributed by atoms with van der Waals surface area (Å²) in [5.41, 5.74) is -4.24. The van der Waals surface area contributed by atoms with Crippen LogP contribution in [0.1, 0.15) is 30.6 Å². The molecule has 4 fully saturated rings. The number of carbonyl (C=O) groups excluding carboxylic acids is 4.